The minimum absolute atomic E-state index is 0.129. The van der Waals surface area contributed by atoms with Crippen LogP contribution >= 0.6 is 11.3 Å². The smallest absolute Gasteiger partial charge is 0.173 e. The van der Waals surface area contributed by atoms with Gasteiger partial charge in [-0.2, -0.15) is 5.10 Å². The number of pyridine rings is 1. The van der Waals surface area contributed by atoms with E-state index in [1.165, 1.54) is 34.5 Å². The highest BCUT2D eigenvalue weighted by Gasteiger charge is 2.23. The molecule has 1 unspecified atom stereocenters. The summed E-state index contributed by atoms with van der Waals surface area (Å²) in [6, 6.07) is 9.22. The second-order valence-corrected chi connectivity index (χ2v) is 8.74. The summed E-state index contributed by atoms with van der Waals surface area (Å²) in [5, 5.41) is 13.8. The molecule has 5 rings (SSSR count). The summed E-state index contributed by atoms with van der Waals surface area (Å²) in [4.78, 5) is 10.9. The van der Waals surface area contributed by atoms with E-state index >= 15 is 0 Å². The lowest BCUT2D eigenvalue weighted by atomic mass is 10.1. The molecule has 4 aromatic rings. The van der Waals surface area contributed by atoms with Crippen molar-refractivity contribution in [2.75, 3.05) is 6.61 Å². The Morgan fingerprint density at radius 2 is 2.09 bits per heavy atom. The third-order valence-corrected chi connectivity index (χ3v) is 6.47. The molecule has 1 aromatic carbocycles. The number of aromatic nitrogens is 4. The number of fused-ring (bicyclic) bond motifs is 3. The van der Waals surface area contributed by atoms with Crippen molar-refractivity contribution in [3.63, 3.8) is 0 Å². The van der Waals surface area contributed by atoms with Crippen molar-refractivity contribution >= 4 is 11.3 Å². The largest absolute Gasteiger partial charge is 0.491 e. The molecule has 0 saturated carbocycles. The number of aliphatic hydroxyl groups excluding tert-OH is 1. The lowest BCUT2D eigenvalue weighted by Crippen LogP contribution is -2.04. The van der Waals surface area contributed by atoms with E-state index in [2.05, 4.69) is 10.1 Å². The first-order valence-electron chi connectivity index (χ1n) is 10.3. The molecule has 4 heterocycles. The van der Waals surface area contributed by atoms with E-state index in [1.54, 1.807) is 6.92 Å². The van der Waals surface area contributed by atoms with Gasteiger partial charge in [0.15, 0.2) is 11.6 Å². The topological polar surface area (TPSA) is 73.1 Å². The maximum atomic E-state index is 14.4. The molecule has 1 atom stereocenters. The van der Waals surface area contributed by atoms with Gasteiger partial charge in [-0.1, -0.05) is 0 Å². The first kappa shape index (κ1) is 20.7. The van der Waals surface area contributed by atoms with Crippen LogP contribution in [0.25, 0.3) is 27.0 Å². The van der Waals surface area contributed by atoms with Gasteiger partial charge >= 0.3 is 0 Å². The van der Waals surface area contributed by atoms with E-state index in [1.807, 2.05) is 18.2 Å². The summed E-state index contributed by atoms with van der Waals surface area (Å²) in [5.74, 6) is -0.173. The zero-order valence-electron chi connectivity index (χ0n) is 17.3. The van der Waals surface area contributed by atoms with Crippen LogP contribution in [0.4, 0.5) is 8.78 Å². The second-order valence-electron chi connectivity index (χ2n) is 7.69. The van der Waals surface area contributed by atoms with Crippen LogP contribution in [-0.2, 0) is 12.8 Å². The Bertz CT molecular complexity index is 1280. The number of nitrogens with zero attached hydrogens (tertiary/aromatic N) is 4. The van der Waals surface area contributed by atoms with Crippen LogP contribution in [0.1, 0.15) is 24.6 Å². The van der Waals surface area contributed by atoms with Crippen LogP contribution in [0.2, 0.25) is 0 Å². The summed E-state index contributed by atoms with van der Waals surface area (Å²) in [5.41, 5.74) is 2.84. The quantitative estimate of drug-likeness (QED) is 0.478. The van der Waals surface area contributed by atoms with Crippen LogP contribution in [0, 0.1) is 11.6 Å². The molecular formula is C23H20F2N4O2S. The number of hydrogen-bond donors (Lipinski definition) is 1. The predicted octanol–water partition coefficient (Wildman–Crippen LogP) is 4.58. The van der Waals surface area contributed by atoms with Crippen LogP contribution in [0.15, 0.2) is 42.7 Å². The van der Waals surface area contributed by atoms with Gasteiger partial charge in [-0.25, -0.2) is 23.4 Å². The Labute approximate surface area is 187 Å². The number of aliphatic hydroxyl groups is 1. The fourth-order valence-corrected chi connectivity index (χ4v) is 4.88. The molecule has 9 heteroatoms. The van der Waals surface area contributed by atoms with E-state index in [0.29, 0.717) is 37.4 Å². The lowest BCUT2D eigenvalue weighted by molar-refractivity contribution is 0.184. The van der Waals surface area contributed by atoms with Crippen molar-refractivity contribution in [3.05, 3.63) is 65.6 Å². The van der Waals surface area contributed by atoms with Gasteiger partial charge < -0.3 is 9.84 Å². The van der Waals surface area contributed by atoms with Gasteiger partial charge in [0.2, 0.25) is 0 Å². The van der Waals surface area contributed by atoms with Gasteiger partial charge in [0.25, 0.3) is 0 Å². The third kappa shape index (κ3) is 3.89. The molecule has 1 N–H and O–H groups in total. The Morgan fingerprint density at radius 3 is 2.91 bits per heavy atom. The highest BCUT2D eigenvalue weighted by Crippen LogP contribution is 2.42. The zero-order chi connectivity index (χ0) is 22.2. The molecule has 0 saturated heterocycles. The molecule has 32 heavy (non-hydrogen) atoms. The molecule has 3 aromatic heterocycles. The van der Waals surface area contributed by atoms with E-state index in [9.17, 15) is 13.9 Å². The third-order valence-electron chi connectivity index (χ3n) is 5.29. The van der Waals surface area contributed by atoms with Crippen LogP contribution in [0.5, 0.6) is 5.75 Å². The van der Waals surface area contributed by atoms with E-state index in [0.717, 1.165) is 32.8 Å². The number of rotatable bonds is 5. The summed E-state index contributed by atoms with van der Waals surface area (Å²) in [7, 11) is 0. The van der Waals surface area contributed by atoms with Crippen LogP contribution in [0.3, 0.4) is 0 Å². The normalized spacial score (nSPS) is 13.8. The molecule has 1 aliphatic heterocycles. The van der Waals surface area contributed by atoms with Crippen molar-refractivity contribution in [1.29, 1.82) is 0 Å². The first-order valence-corrected chi connectivity index (χ1v) is 11.1. The van der Waals surface area contributed by atoms with Gasteiger partial charge in [-0.05, 0) is 55.7 Å². The first-order chi connectivity index (χ1) is 15.5. The molecule has 0 amide bonds. The van der Waals surface area contributed by atoms with Gasteiger partial charge in [0.05, 0.1) is 22.5 Å². The maximum Gasteiger partial charge on any atom is 0.173 e. The summed E-state index contributed by atoms with van der Waals surface area (Å²) in [6.45, 7) is 2.28. The van der Waals surface area contributed by atoms with E-state index < -0.39 is 17.7 Å². The number of ether oxygens (including phenoxy) is 1. The molecule has 0 bridgehead atoms. The van der Waals surface area contributed by atoms with Crippen molar-refractivity contribution < 1.29 is 18.6 Å². The minimum Gasteiger partial charge on any atom is -0.491 e. The van der Waals surface area contributed by atoms with E-state index in [4.69, 9.17) is 9.72 Å². The van der Waals surface area contributed by atoms with Gasteiger partial charge in [-0.3, -0.25) is 0 Å². The van der Waals surface area contributed by atoms with Crippen molar-refractivity contribution in [1.82, 2.24) is 19.7 Å². The summed E-state index contributed by atoms with van der Waals surface area (Å²) in [6.07, 6.45) is 2.95. The fraction of sp³-hybridized carbons (Fsp3) is 0.261. The number of aryl methyl sites for hydroxylation is 1. The molecule has 0 radical (unpaired) electrons. The number of hydrogen-bond acceptors (Lipinski definition) is 6. The van der Waals surface area contributed by atoms with Gasteiger partial charge in [0.1, 0.15) is 29.3 Å². The summed E-state index contributed by atoms with van der Waals surface area (Å²) >= 11 is 1.49. The SMILES string of the molecule is CC(O)CCc1ccc2c(n1)-c1sc(-c3ncnn3-c3ccc(F)cc3F)cc1CCO2. The van der Waals surface area contributed by atoms with E-state index in [-0.39, 0.29) is 5.69 Å². The molecule has 0 aliphatic carbocycles. The standard InChI is InChI=1S/C23H20F2N4O2S/c1-13(30)2-4-16-5-7-19-21(28-16)22-14(8-9-31-19)10-20(32-22)23-26-12-27-29(23)18-6-3-15(24)11-17(18)25/h3,5-7,10-13,30H,2,4,8-9H2,1H3. The number of halogens is 2. The highest BCUT2D eigenvalue weighted by molar-refractivity contribution is 7.19. The van der Waals surface area contributed by atoms with Gasteiger partial charge in [0, 0.05) is 18.2 Å². The zero-order valence-corrected chi connectivity index (χ0v) is 18.1. The Kier molecular flexibility index (Phi) is 5.44. The average Bonchev–Trinajstić information content (AvgIpc) is 3.36. The van der Waals surface area contributed by atoms with Crippen molar-refractivity contribution in [2.45, 2.75) is 32.3 Å². The van der Waals surface area contributed by atoms with Crippen molar-refractivity contribution in [3.8, 4) is 32.7 Å². The average molecular weight is 455 g/mol. The number of thiophene rings is 1. The Morgan fingerprint density at radius 1 is 1.22 bits per heavy atom. The number of benzene rings is 1. The van der Waals surface area contributed by atoms with Crippen molar-refractivity contribution in [2.24, 2.45) is 0 Å². The van der Waals surface area contributed by atoms with Crippen LogP contribution in [-0.4, -0.2) is 37.6 Å². The maximum absolute atomic E-state index is 14.4. The molecule has 0 spiro atoms. The molecule has 6 nitrogen and oxygen atoms in total. The molecule has 0 fully saturated rings. The second kappa shape index (κ2) is 8.40. The minimum atomic E-state index is -0.710. The van der Waals surface area contributed by atoms with Gasteiger partial charge in [-0.15, -0.1) is 11.3 Å². The Balaban J connectivity index is 1.56. The monoisotopic (exact) mass is 454 g/mol. The highest BCUT2D eigenvalue weighted by atomic mass is 32.1. The Hall–Kier alpha value is -3.17. The summed E-state index contributed by atoms with van der Waals surface area (Å²) < 4.78 is 35.0. The predicted molar refractivity (Wildman–Crippen MR) is 117 cm³/mol. The molecule has 164 valence electrons. The molecular weight excluding hydrogens is 434 g/mol. The lowest BCUT2D eigenvalue weighted by Gasteiger charge is -2.09. The fourth-order valence-electron chi connectivity index (χ4n) is 3.70. The van der Waals surface area contributed by atoms with Crippen LogP contribution < -0.4 is 4.74 Å². The molecule has 1 aliphatic rings.